The molecule has 0 aromatic carbocycles. The van der Waals surface area contributed by atoms with Crippen LogP contribution in [0.15, 0.2) is 15.8 Å². The highest BCUT2D eigenvalue weighted by atomic mass is 32.2. The van der Waals surface area contributed by atoms with Crippen LogP contribution in [0.1, 0.15) is 36.2 Å². The van der Waals surface area contributed by atoms with Crippen molar-refractivity contribution in [1.29, 1.82) is 0 Å². The average Bonchev–Trinajstić information content (AvgIpc) is 2.95. The van der Waals surface area contributed by atoms with Gasteiger partial charge in [-0.1, -0.05) is 25.6 Å². The van der Waals surface area contributed by atoms with Crippen molar-refractivity contribution in [2.75, 3.05) is 5.94 Å². The van der Waals surface area contributed by atoms with E-state index in [0.29, 0.717) is 6.42 Å². The van der Waals surface area contributed by atoms with Crippen molar-refractivity contribution < 1.29 is 9.90 Å². The van der Waals surface area contributed by atoms with Crippen molar-refractivity contribution in [2.45, 2.75) is 30.9 Å². The lowest BCUT2D eigenvalue weighted by atomic mass is 9.74. The molecule has 0 spiro atoms. The zero-order valence-corrected chi connectivity index (χ0v) is 13.8. The third-order valence-corrected chi connectivity index (χ3v) is 6.52. The maximum absolute atomic E-state index is 12.5. The van der Waals surface area contributed by atoms with Gasteiger partial charge in [0.25, 0.3) is 0 Å². The molecule has 2 aromatic heterocycles. The van der Waals surface area contributed by atoms with Crippen LogP contribution in [-0.4, -0.2) is 21.8 Å². The molecule has 0 aliphatic heterocycles. The zero-order chi connectivity index (χ0) is 14.3. The van der Waals surface area contributed by atoms with Crippen LogP contribution in [0, 0.1) is 5.41 Å². The fraction of sp³-hybridized carbons (Fsp3) is 0.429. The first-order valence-corrected chi connectivity index (χ1v) is 9.02. The SMILES string of the molecule is CC1(C)CC(=O)c2c(SCO)sc(-c3nccs3)c2C1. The first kappa shape index (κ1) is 14.3. The van der Waals surface area contributed by atoms with Crippen LogP contribution in [0.2, 0.25) is 0 Å². The lowest BCUT2D eigenvalue weighted by Gasteiger charge is -2.29. The van der Waals surface area contributed by atoms with Gasteiger partial charge in [0.2, 0.25) is 0 Å². The molecule has 6 heteroatoms. The summed E-state index contributed by atoms with van der Waals surface area (Å²) in [5.41, 5.74) is 1.96. The topological polar surface area (TPSA) is 50.2 Å². The number of rotatable bonds is 3. The lowest BCUT2D eigenvalue weighted by Crippen LogP contribution is -2.26. The highest BCUT2D eigenvalue weighted by Crippen LogP contribution is 2.48. The molecule has 0 atom stereocenters. The third-order valence-electron chi connectivity index (χ3n) is 3.37. The van der Waals surface area contributed by atoms with Crippen molar-refractivity contribution in [3.05, 3.63) is 22.7 Å². The summed E-state index contributed by atoms with van der Waals surface area (Å²) in [7, 11) is 0. The Balaban J connectivity index is 2.18. The first-order chi connectivity index (χ1) is 9.52. The fourth-order valence-electron chi connectivity index (χ4n) is 2.63. The number of hydrogen-bond acceptors (Lipinski definition) is 6. The molecule has 3 rings (SSSR count). The predicted octanol–water partition coefficient (Wildman–Crippen LogP) is 4.07. The molecule has 2 heterocycles. The molecular formula is C14H15NO2S3. The Morgan fingerprint density at radius 2 is 2.25 bits per heavy atom. The van der Waals surface area contributed by atoms with Crippen LogP contribution in [0.3, 0.4) is 0 Å². The summed E-state index contributed by atoms with van der Waals surface area (Å²) in [5, 5.41) is 12.1. The Kier molecular flexibility index (Phi) is 3.75. The number of thiophene rings is 1. The second-order valence-electron chi connectivity index (χ2n) is 5.62. The van der Waals surface area contributed by atoms with Crippen molar-refractivity contribution in [2.24, 2.45) is 5.41 Å². The number of aliphatic hydroxyl groups is 1. The summed E-state index contributed by atoms with van der Waals surface area (Å²) in [6.45, 7) is 4.27. The molecule has 1 aliphatic rings. The van der Waals surface area contributed by atoms with E-state index >= 15 is 0 Å². The smallest absolute Gasteiger partial charge is 0.165 e. The number of hydrogen-bond donors (Lipinski definition) is 1. The molecule has 0 amide bonds. The second kappa shape index (κ2) is 5.26. The number of aliphatic hydroxyl groups excluding tert-OH is 1. The molecule has 0 saturated heterocycles. The van der Waals surface area contributed by atoms with E-state index in [-0.39, 0.29) is 17.1 Å². The van der Waals surface area contributed by atoms with Gasteiger partial charge >= 0.3 is 0 Å². The van der Waals surface area contributed by atoms with Gasteiger partial charge in [0.1, 0.15) is 5.01 Å². The summed E-state index contributed by atoms with van der Waals surface area (Å²) < 4.78 is 0.938. The average molecular weight is 325 g/mol. The van der Waals surface area contributed by atoms with E-state index in [1.54, 1.807) is 28.9 Å². The second-order valence-corrected chi connectivity index (χ2v) is 8.75. The molecular weight excluding hydrogens is 310 g/mol. The Hall–Kier alpha value is -0.690. The van der Waals surface area contributed by atoms with E-state index in [9.17, 15) is 9.90 Å². The van der Waals surface area contributed by atoms with Gasteiger partial charge in [-0.25, -0.2) is 4.98 Å². The number of fused-ring (bicyclic) bond motifs is 1. The van der Waals surface area contributed by atoms with Crippen molar-refractivity contribution in [1.82, 2.24) is 4.98 Å². The van der Waals surface area contributed by atoms with Gasteiger partial charge < -0.3 is 5.11 Å². The minimum atomic E-state index is -0.00167. The summed E-state index contributed by atoms with van der Waals surface area (Å²) in [6, 6.07) is 0. The summed E-state index contributed by atoms with van der Waals surface area (Å²) in [5.74, 6) is 0.201. The van der Waals surface area contributed by atoms with E-state index in [2.05, 4.69) is 18.8 Å². The third kappa shape index (κ3) is 2.45. The number of Topliss-reactive ketones (excluding diaryl/α,β-unsaturated/α-hetero) is 1. The van der Waals surface area contributed by atoms with E-state index in [1.165, 1.54) is 11.8 Å². The van der Waals surface area contributed by atoms with Crippen LogP contribution >= 0.6 is 34.4 Å². The number of carbonyl (C=O) groups excluding carboxylic acids is 1. The number of nitrogens with zero attached hydrogens (tertiary/aromatic N) is 1. The maximum atomic E-state index is 12.5. The first-order valence-electron chi connectivity index (χ1n) is 6.34. The van der Waals surface area contributed by atoms with Crippen LogP contribution in [0.4, 0.5) is 0 Å². The van der Waals surface area contributed by atoms with Gasteiger partial charge in [0.15, 0.2) is 5.78 Å². The standard InChI is InChI=1S/C14H15NO2S3/c1-14(2)5-8-10(9(17)6-14)13(19-7-16)20-11(8)12-15-3-4-18-12/h3-4,16H,5-7H2,1-2H3. The molecule has 20 heavy (non-hydrogen) atoms. The van der Waals surface area contributed by atoms with Crippen LogP contribution in [0.25, 0.3) is 9.88 Å². The molecule has 0 unspecified atom stereocenters. The molecule has 2 aromatic rings. The maximum Gasteiger partial charge on any atom is 0.165 e. The highest BCUT2D eigenvalue weighted by Gasteiger charge is 2.36. The zero-order valence-electron chi connectivity index (χ0n) is 11.3. The predicted molar refractivity (Wildman–Crippen MR) is 84.8 cm³/mol. The van der Waals surface area contributed by atoms with Crippen LogP contribution in [0.5, 0.6) is 0 Å². The van der Waals surface area contributed by atoms with E-state index in [0.717, 1.165) is 31.6 Å². The Morgan fingerprint density at radius 1 is 1.45 bits per heavy atom. The number of carbonyl (C=O) groups is 1. The minimum absolute atomic E-state index is 0.000928. The number of ketones is 1. The molecule has 0 radical (unpaired) electrons. The Labute approximate surface area is 130 Å². The minimum Gasteiger partial charge on any atom is -0.385 e. The van der Waals surface area contributed by atoms with Crippen molar-refractivity contribution >= 4 is 40.2 Å². The van der Waals surface area contributed by atoms with Gasteiger partial charge in [-0.05, 0) is 17.4 Å². The van der Waals surface area contributed by atoms with Gasteiger partial charge in [-0.2, -0.15) is 0 Å². The molecule has 0 fully saturated rings. The molecule has 0 saturated carbocycles. The molecule has 106 valence electrons. The molecule has 3 nitrogen and oxygen atoms in total. The van der Waals surface area contributed by atoms with E-state index < -0.39 is 0 Å². The molecule has 1 aliphatic carbocycles. The summed E-state index contributed by atoms with van der Waals surface area (Å²) in [6.07, 6.45) is 3.26. The lowest BCUT2D eigenvalue weighted by molar-refractivity contribution is 0.0910. The fourth-order valence-corrected chi connectivity index (χ4v) is 5.60. The van der Waals surface area contributed by atoms with Crippen molar-refractivity contribution in [3.63, 3.8) is 0 Å². The van der Waals surface area contributed by atoms with Gasteiger partial charge in [-0.15, -0.1) is 22.7 Å². The normalized spacial score (nSPS) is 17.2. The number of aromatic nitrogens is 1. The summed E-state index contributed by atoms with van der Waals surface area (Å²) in [4.78, 5) is 18.0. The van der Waals surface area contributed by atoms with Gasteiger partial charge in [0.05, 0.1) is 15.0 Å². The van der Waals surface area contributed by atoms with Gasteiger partial charge in [0, 0.05) is 23.6 Å². The van der Waals surface area contributed by atoms with Crippen LogP contribution < -0.4 is 0 Å². The van der Waals surface area contributed by atoms with E-state index in [1.807, 2.05) is 5.38 Å². The monoisotopic (exact) mass is 325 g/mol. The van der Waals surface area contributed by atoms with Gasteiger partial charge in [-0.3, -0.25) is 4.79 Å². The highest BCUT2D eigenvalue weighted by molar-refractivity contribution is 8.01. The van der Waals surface area contributed by atoms with Crippen LogP contribution in [-0.2, 0) is 6.42 Å². The quantitative estimate of drug-likeness (QED) is 0.683. The summed E-state index contributed by atoms with van der Waals surface area (Å²) >= 11 is 4.53. The Morgan fingerprint density at radius 3 is 2.90 bits per heavy atom. The van der Waals surface area contributed by atoms with E-state index in [4.69, 9.17) is 0 Å². The van der Waals surface area contributed by atoms with Crippen molar-refractivity contribution in [3.8, 4) is 9.88 Å². The molecule has 0 bridgehead atoms. The number of thiazole rings is 1. The largest absolute Gasteiger partial charge is 0.385 e. The Bertz CT molecular complexity index is 644. The number of thioether (sulfide) groups is 1. The molecule has 1 N–H and O–H groups in total.